The summed E-state index contributed by atoms with van der Waals surface area (Å²) in [6.45, 7) is 3.38. The number of halogens is 1. The molecule has 0 aromatic heterocycles. The van der Waals surface area contributed by atoms with E-state index in [-0.39, 0.29) is 0 Å². The van der Waals surface area contributed by atoms with Gasteiger partial charge in [-0.1, -0.05) is 18.5 Å². The Morgan fingerprint density at radius 1 is 1.50 bits per heavy atom. The van der Waals surface area contributed by atoms with Crippen LogP contribution in [0.4, 0.5) is 0 Å². The van der Waals surface area contributed by atoms with Crippen LogP contribution >= 0.6 is 23.4 Å². The van der Waals surface area contributed by atoms with Gasteiger partial charge in [-0.15, -0.1) is 11.8 Å². The molecular formula is C12H14ClNO3S. The highest BCUT2D eigenvalue weighted by Gasteiger charge is 2.17. The summed E-state index contributed by atoms with van der Waals surface area (Å²) in [5, 5.41) is 11.7. The minimum Gasteiger partial charge on any atom is -0.480 e. The van der Waals surface area contributed by atoms with Crippen molar-refractivity contribution in [1.29, 1.82) is 0 Å². The van der Waals surface area contributed by atoms with Gasteiger partial charge in [-0.05, 0) is 30.9 Å². The average molecular weight is 288 g/mol. The van der Waals surface area contributed by atoms with E-state index in [0.717, 1.165) is 10.6 Å². The predicted octanol–water partition coefficient (Wildman–Crippen LogP) is 2.65. The number of carboxylic acids is 1. The van der Waals surface area contributed by atoms with Crippen molar-refractivity contribution in [3.8, 4) is 0 Å². The molecule has 0 saturated heterocycles. The third-order valence-corrected chi connectivity index (χ3v) is 3.38. The SMILES string of the molecule is CCSc1cc(Cl)ccc1C(=O)N[C@@H](C)C(=O)O. The zero-order chi connectivity index (χ0) is 13.7. The molecule has 0 aliphatic heterocycles. The fourth-order valence-electron chi connectivity index (χ4n) is 1.29. The summed E-state index contributed by atoms with van der Waals surface area (Å²) in [5.41, 5.74) is 0.444. The molecule has 1 amide bonds. The number of hydrogen-bond donors (Lipinski definition) is 2. The normalized spacial score (nSPS) is 11.9. The van der Waals surface area contributed by atoms with Crippen molar-refractivity contribution in [2.24, 2.45) is 0 Å². The largest absolute Gasteiger partial charge is 0.480 e. The highest BCUT2D eigenvalue weighted by molar-refractivity contribution is 7.99. The number of aliphatic carboxylic acids is 1. The van der Waals surface area contributed by atoms with E-state index >= 15 is 0 Å². The summed E-state index contributed by atoms with van der Waals surface area (Å²) >= 11 is 7.36. The number of carbonyl (C=O) groups is 2. The maximum absolute atomic E-state index is 11.9. The highest BCUT2D eigenvalue weighted by atomic mass is 35.5. The molecule has 0 unspecified atom stereocenters. The fourth-order valence-corrected chi connectivity index (χ4v) is 2.37. The van der Waals surface area contributed by atoms with Gasteiger partial charge in [-0.3, -0.25) is 9.59 Å². The van der Waals surface area contributed by atoms with Gasteiger partial charge in [-0.2, -0.15) is 0 Å². The van der Waals surface area contributed by atoms with Crippen LogP contribution in [0.25, 0.3) is 0 Å². The molecule has 0 fully saturated rings. The van der Waals surface area contributed by atoms with Gasteiger partial charge >= 0.3 is 5.97 Å². The Morgan fingerprint density at radius 2 is 2.17 bits per heavy atom. The molecule has 1 aromatic rings. The zero-order valence-electron chi connectivity index (χ0n) is 10.1. The molecule has 0 spiro atoms. The van der Waals surface area contributed by atoms with E-state index in [2.05, 4.69) is 5.32 Å². The van der Waals surface area contributed by atoms with Crippen LogP contribution < -0.4 is 5.32 Å². The van der Waals surface area contributed by atoms with E-state index in [9.17, 15) is 9.59 Å². The van der Waals surface area contributed by atoms with Crippen molar-refractivity contribution >= 4 is 35.2 Å². The zero-order valence-corrected chi connectivity index (χ0v) is 11.6. The number of thioether (sulfide) groups is 1. The molecule has 0 aliphatic carbocycles. The molecule has 1 atom stereocenters. The third-order valence-electron chi connectivity index (χ3n) is 2.21. The summed E-state index contributed by atoms with van der Waals surface area (Å²) in [6, 6.07) is 4.00. The first kappa shape index (κ1) is 14.9. The average Bonchev–Trinajstić information content (AvgIpc) is 2.29. The van der Waals surface area contributed by atoms with Crippen molar-refractivity contribution in [2.75, 3.05) is 5.75 Å². The lowest BCUT2D eigenvalue weighted by Gasteiger charge is -2.12. The molecular weight excluding hydrogens is 274 g/mol. The van der Waals surface area contributed by atoms with Gasteiger partial charge in [0.05, 0.1) is 5.56 Å². The number of hydrogen-bond acceptors (Lipinski definition) is 3. The fraction of sp³-hybridized carbons (Fsp3) is 0.333. The van der Waals surface area contributed by atoms with Crippen LogP contribution in [0.5, 0.6) is 0 Å². The number of rotatable bonds is 5. The summed E-state index contributed by atoms with van der Waals surface area (Å²) < 4.78 is 0. The Morgan fingerprint density at radius 3 is 2.72 bits per heavy atom. The predicted molar refractivity (Wildman–Crippen MR) is 72.4 cm³/mol. The Balaban J connectivity index is 2.94. The second kappa shape index (κ2) is 6.66. The number of nitrogens with one attached hydrogen (secondary N) is 1. The van der Waals surface area contributed by atoms with E-state index in [1.165, 1.54) is 18.7 Å². The van der Waals surface area contributed by atoms with Crippen LogP contribution in [0.1, 0.15) is 24.2 Å². The first-order chi connectivity index (χ1) is 8.45. The van der Waals surface area contributed by atoms with Crippen molar-refractivity contribution in [2.45, 2.75) is 24.8 Å². The molecule has 2 N–H and O–H groups in total. The van der Waals surface area contributed by atoms with E-state index in [1.54, 1.807) is 18.2 Å². The van der Waals surface area contributed by atoms with Crippen LogP contribution in [-0.4, -0.2) is 28.8 Å². The second-order valence-corrected chi connectivity index (χ2v) is 5.35. The first-order valence-electron chi connectivity index (χ1n) is 5.41. The molecule has 6 heteroatoms. The molecule has 0 bridgehead atoms. The topological polar surface area (TPSA) is 66.4 Å². The number of amides is 1. The van der Waals surface area contributed by atoms with E-state index in [4.69, 9.17) is 16.7 Å². The molecule has 0 aliphatic rings. The standard InChI is InChI=1S/C12H14ClNO3S/c1-3-18-10-6-8(13)4-5-9(10)11(15)14-7(2)12(16)17/h4-7H,3H2,1-2H3,(H,14,15)(H,16,17)/t7-/m0/s1. The Kier molecular flexibility index (Phi) is 5.50. The van der Waals surface area contributed by atoms with E-state index in [1.807, 2.05) is 6.92 Å². The molecule has 1 rings (SSSR count). The van der Waals surface area contributed by atoms with Crippen LogP contribution in [0.2, 0.25) is 5.02 Å². The Labute approximate surface area is 115 Å². The van der Waals surface area contributed by atoms with Crippen molar-refractivity contribution in [1.82, 2.24) is 5.32 Å². The molecule has 0 heterocycles. The Bertz CT molecular complexity index is 465. The summed E-state index contributed by atoms with van der Waals surface area (Å²) in [5.74, 6) is -0.672. The summed E-state index contributed by atoms with van der Waals surface area (Å²) in [4.78, 5) is 23.4. The lowest BCUT2D eigenvalue weighted by atomic mass is 10.2. The van der Waals surface area contributed by atoms with Gasteiger partial charge in [0.2, 0.25) is 0 Å². The van der Waals surface area contributed by atoms with Crippen molar-refractivity contribution in [3.63, 3.8) is 0 Å². The minimum atomic E-state index is -1.07. The molecule has 98 valence electrons. The maximum atomic E-state index is 11.9. The summed E-state index contributed by atoms with van der Waals surface area (Å²) in [6.07, 6.45) is 0. The molecule has 1 aromatic carbocycles. The number of benzene rings is 1. The Hall–Kier alpha value is -1.20. The van der Waals surface area contributed by atoms with Crippen molar-refractivity contribution in [3.05, 3.63) is 28.8 Å². The lowest BCUT2D eigenvalue weighted by molar-refractivity contribution is -0.138. The number of carbonyl (C=O) groups excluding carboxylic acids is 1. The number of carboxylic acid groups (broad SMARTS) is 1. The maximum Gasteiger partial charge on any atom is 0.325 e. The monoisotopic (exact) mass is 287 g/mol. The van der Waals surface area contributed by atoms with E-state index in [0.29, 0.717) is 10.6 Å². The smallest absolute Gasteiger partial charge is 0.325 e. The van der Waals surface area contributed by atoms with Gasteiger partial charge in [0.1, 0.15) is 6.04 Å². The van der Waals surface area contributed by atoms with E-state index < -0.39 is 17.9 Å². The van der Waals surface area contributed by atoms with Gasteiger partial charge in [-0.25, -0.2) is 0 Å². The molecule has 0 radical (unpaired) electrons. The highest BCUT2D eigenvalue weighted by Crippen LogP contribution is 2.26. The molecule has 0 saturated carbocycles. The van der Waals surface area contributed by atoms with Crippen LogP contribution in [0.15, 0.2) is 23.1 Å². The van der Waals surface area contributed by atoms with Crippen LogP contribution in [0.3, 0.4) is 0 Å². The minimum absolute atomic E-state index is 0.405. The van der Waals surface area contributed by atoms with Crippen molar-refractivity contribution < 1.29 is 14.7 Å². The van der Waals surface area contributed by atoms with Gasteiger partial charge < -0.3 is 10.4 Å². The summed E-state index contributed by atoms with van der Waals surface area (Å²) in [7, 11) is 0. The molecule has 18 heavy (non-hydrogen) atoms. The van der Waals surface area contributed by atoms with Gasteiger partial charge in [0, 0.05) is 9.92 Å². The van der Waals surface area contributed by atoms with Crippen LogP contribution in [0, 0.1) is 0 Å². The van der Waals surface area contributed by atoms with Gasteiger partial charge in [0.25, 0.3) is 5.91 Å². The van der Waals surface area contributed by atoms with Gasteiger partial charge in [0.15, 0.2) is 0 Å². The van der Waals surface area contributed by atoms with Crippen LogP contribution in [-0.2, 0) is 4.79 Å². The molecule has 4 nitrogen and oxygen atoms in total. The second-order valence-electron chi connectivity index (χ2n) is 3.61. The first-order valence-corrected chi connectivity index (χ1v) is 6.78. The third kappa shape index (κ3) is 3.92. The lowest BCUT2D eigenvalue weighted by Crippen LogP contribution is -2.38. The quantitative estimate of drug-likeness (QED) is 0.817.